The average Bonchev–Trinajstić information content (AvgIpc) is 2.43. The Morgan fingerprint density at radius 1 is 0.900 bits per heavy atom. The van der Waals surface area contributed by atoms with E-state index in [1.165, 1.54) is 22.3 Å². The number of hydrogen-bond acceptors (Lipinski definition) is 2. The Morgan fingerprint density at radius 3 is 2.25 bits per heavy atom. The van der Waals surface area contributed by atoms with Crippen molar-refractivity contribution in [3.8, 4) is 0 Å². The molecule has 2 rings (SSSR count). The van der Waals surface area contributed by atoms with Crippen LogP contribution in [0.25, 0.3) is 0 Å². The largest absolute Gasteiger partial charge is 0.302 e. The van der Waals surface area contributed by atoms with Crippen molar-refractivity contribution >= 4 is 0 Å². The van der Waals surface area contributed by atoms with Crippen LogP contribution in [0.2, 0.25) is 0 Å². The minimum atomic E-state index is 0.243. The summed E-state index contributed by atoms with van der Waals surface area (Å²) in [6.07, 6.45) is 1.85. The molecule has 0 aliphatic heterocycles. The van der Waals surface area contributed by atoms with Crippen LogP contribution >= 0.6 is 0 Å². The molecule has 2 heteroatoms. The smallest absolute Gasteiger partial charge is 0.0570 e. The standard InChI is InChI=1S/C18H24N2/c1-12-10-14(3)17(11-13(12)2)15(4)20-16(5)18-8-6-7-9-19-18/h6-11,15-16,20H,1-5H3. The van der Waals surface area contributed by atoms with Gasteiger partial charge in [-0.1, -0.05) is 18.2 Å². The molecule has 0 radical (unpaired) electrons. The summed E-state index contributed by atoms with van der Waals surface area (Å²) >= 11 is 0. The fraction of sp³-hybridized carbons (Fsp3) is 0.389. The summed E-state index contributed by atoms with van der Waals surface area (Å²) < 4.78 is 0. The summed E-state index contributed by atoms with van der Waals surface area (Å²) in [5.74, 6) is 0. The lowest BCUT2D eigenvalue weighted by Crippen LogP contribution is -2.23. The lowest BCUT2D eigenvalue weighted by Gasteiger charge is -2.22. The highest BCUT2D eigenvalue weighted by atomic mass is 15.0. The molecule has 0 saturated carbocycles. The average molecular weight is 268 g/mol. The van der Waals surface area contributed by atoms with Crippen molar-refractivity contribution in [3.63, 3.8) is 0 Å². The number of pyridine rings is 1. The zero-order valence-corrected chi connectivity index (χ0v) is 13.1. The minimum absolute atomic E-state index is 0.243. The molecule has 2 atom stereocenters. The van der Waals surface area contributed by atoms with E-state index in [9.17, 15) is 0 Å². The van der Waals surface area contributed by atoms with Crippen LogP contribution in [0.15, 0.2) is 36.5 Å². The Morgan fingerprint density at radius 2 is 1.60 bits per heavy atom. The first-order chi connectivity index (χ1) is 9.49. The van der Waals surface area contributed by atoms with E-state index >= 15 is 0 Å². The molecule has 1 aromatic heterocycles. The SMILES string of the molecule is Cc1cc(C)c(C(C)NC(C)c2ccccn2)cc1C. The van der Waals surface area contributed by atoms with Crippen LogP contribution in [0.4, 0.5) is 0 Å². The summed E-state index contributed by atoms with van der Waals surface area (Å²) in [5.41, 5.74) is 6.51. The van der Waals surface area contributed by atoms with Gasteiger partial charge in [0.15, 0.2) is 0 Å². The molecular weight excluding hydrogens is 244 g/mol. The van der Waals surface area contributed by atoms with E-state index in [0.29, 0.717) is 6.04 Å². The van der Waals surface area contributed by atoms with E-state index < -0.39 is 0 Å². The third-order valence-electron chi connectivity index (χ3n) is 3.98. The van der Waals surface area contributed by atoms with Crippen molar-refractivity contribution in [1.82, 2.24) is 10.3 Å². The van der Waals surface area contributed by atoms with Crippen LogP contribution in [0.5, 0.6) is 0 Å². The van der Waals surface area contributed by atoms with Gasteiger partial charge >= 0.3 is 0 Å². The Labute approximate surface area is 122 Å². The molecule has 1 aromatic carbocycles. The lowest BCUT2D eigenvalue weighted by atomic mass is 9.96. The van der Waals surface area contributed by atoms with Gasteiger partial charge in [-0.3, -0.25) is 4.98 Å². The molecule has 2 unspecified atom stereocenters. The Hall–Kier alpha value is -1.67. The van der Waals surface area contributed by atoms with Gasteiger partial charge in [-0.25, -0.2) is 0 Å². The van der Waals surface area contributed by atoms with Gasteiger partial charge in [0.1, 0.15) is 0 Å². The molecule has 106 valence electrons. The third-order valence-corrected chi connectivity index (χ3v) is 3.98. The zero-order chi connectivity index (χ0) is 14.7. The second-order valence-electron chi connectivity index (χ2n) is 5.66. The van der Waals surface area contributed by atoms with Crippen LogP contribution in [0.3, 0.4) is 0 Å². The predicted octanol–water partition coefficient (Wildman–Crippen LogP) is 4.42. The number of hydrogen-bond donors (Lipinski definition) is 1. The van der Waals surface area contributed by atoms with E-state index in [1.54, 1.807) is 0 Å². The number of nitrogens with zero attached hydrogens (tertiary/aromatic N) is 1. The first-order valence-corrected chi connectivity index (χ1v) is 7.23. The normalized spacial score (nSPS) is 14.1. The first kappa shape index (κ1) is 14.7. The second-order valence-corrected chi connectivity index (χ2v) is 5.66. The molecule has 0 saturated heterocycles. The zero-order valence-electron chi connectivity index (χ0n) is 13.1. The number of aryl methyl sites for hydroxylation is 3. The van der Waals surface area contributed by atoms with Crippen molar-refractivity contribution in [2.75, 3.05) is 0 Å². The molecule has 2 aromatic rings. The lowest BCUT2D eigenvalue weighted by molar-refractivity contribution is 0.485. The molecule has 0 fully saturated rings. The van der Waals surface area contributed by atoms with E-state index in [-0.39, 0.29) is 6.04 Å². The van der Waals surface area contributed by atoms with Crippen molar-refractivity contribution in [2.45, 2.75) is 46.7 Å². The molecule has 0 bridgehead atoms. The van der Waals surface area contributed by atoms with Crippen molar-refractivity contribution in [3.05, 3.63) is 64.5 Å². The van der Waals surface area contributed by atoms with E-state index in [2.05, 4.69) is 63.1 Å². The molecule has 0 aliphatic carbocycles. The van der Waals surface area contributed by atoms with Gasteiger partial charge in [-0.05, 0) is 69.0 Å². The fourth-order valence-corrected chi connectivity index (χ4v) is 2.63. The molecule has 1 heterocycles. The highest BCUT2D eigenvalue weighted by Gasteiger charge is 2.14. The van der Waals surface area contributed by atoms with Gasteiger partial charge < -0.3 is 5.32 Å². The van der Waals surface area contributed by atoms with E-state index in [0.717, 1.165) is 5.69 Å². The molecular formula is C18H24N2. The topological polar surface area (TPSA) is 24.9 Å². The van der Waals surface area contributed by atoms with Crippen molar-refractivity contribution in [1.29, 1.82) is 0 Å². The number of nitrogens with one attached hydrogen (secondary N) is 1. The maximum atomic E-state index is 4.42. The Kier molecular flexibility index (Phi) is 4.56. The number of rotatable bonds is 4. The predicted molar refractivity (Wildman–Crippen MR) is 84.9 cm³/mol. The van der Waals surface area contributed by atoms with Gasteiger partial charge in [0, 0.05) is 18.3 Å². The maximum absolute atomic E-state index is 4.42. The summed E-state index contributed by atoms with van der Waals surface area (Å²) in [4.78, 5) is 4.42. The van der Waals surface area contributed by atoms with Crippen LogP contribution in [-0.4, -0.2) is 4.98 Å². The second kappa shape index (κ2) is 6.19. The maximum Gasteiger partial charge on any atom is 0.0570 e. The molecule has 0 aliphatic rings. The molecule has 0 amide bonds. The van der Waals surface area contributed by atoms with Gasteiger partial charge in [0.05, 0.1) is 5.69 Å². The molecule has 20 heavy (non-hydrogen) atoms. The fourth-order valence-electron chi connectivity index (χ4n) is 2.63. The van der Waals surface area contributed by atoms with Gasteiger partial charge in [0.2, 0.25) is 0 Å². The summed E-state index contributed by atoms with van der Waals surface area (Å²) in [6.45, 7) is 10.9. The van der Waals surface area contributed by atoms with Crippen LogP contribution in [0, 0.1) is 20.8 Å². The molecule has 0 spiro atoms. The van der Waals surface area contributed by atoms with Crippen LogP contribution in [0.1, 0.15) is 53.9 Å². The highest BCUT2D eigenvalue weighted by Crippen LogP contribution is 2.24. The Balaban J connectivity index is 2.16. The molecule has 1 N–H and O–H groups in total. The summed E-state index contributed by atoms with van der Waals surface area (Å²) in [7, 11) is 0. The van der Waals surface area contributed by atoms with Gasteiger partial charge in [0.25, 0.3) is 0 Å². The monoisotopic (exact) mass is 268 g/mol. The van der Waals surface area contributed by atoms with E-state index in [1.807, 2.05) is 18.3 Å². The molecule has 2 nitrogen and oxygen atoms in total. The quantitative estimate of drug-likeness (QED) is 0.888. The summed E-state index contributed by atoms with van der Waals surface area (Å²) in [6, 6.07) is 11.2. The minimum Gasteiger partial charge on any atom is -0.302 e. The van der Waals surface area contributed by atoms with Crippen molar-refractivity contribution < 1.29 is 0 Å². The third kappa shape index (κ3) is 3.26. The number of benzene rings is 1. The van der Waals surface area contributed by atoms with Crippen molar-refractivity contribution in [2.24, 2.45) is 0 Å². The van der Waals surface area contributed by atoms with Gasteiger partial charge in [-0.15, -0.1) is 0 Å². The Bertz CT molecular complexity index is 575. The highest BCUT2D eigenvalue weighted by molar-refractivity contribution is 5.38. The number of aromatic nitrogens is 1. The van der Waals surface area contributed by atoms with Gasteiger partial charge in [-0.2, -0.15) is 0 Å². The van der Waals surface area contributed by atoms with E-state index in [4.69, 9.17) is 0 Å². The van der Waals surface area contributed by atoms with Crippen LogP contribution in [-0.2, 0) is 0 Å². The summed E-state index contributed by atoms with van der Waals surface area (Å²) in [5, 5.41) is 3.64. The first-order valence-electron chi connectivity index (χ1n) is 7.23. The van der Waals surface area contributed by atoms with Crippen LogP contribution < -0.4 is 5.32 Å².